The SMILES string of the molecule is COCC1C(=O)N(Cc2ccc3c(N)ncnc3c2)CCN1C(=O)/C=C/c1ccc(O)cc1. The van der Waals surface area contributed by atoms with Crippen LogP contribution in [0.5, 0.6) is 5.75 Å². The molecule has 33 heavy (non-hydrogen) atoms. The topological polar surface area (TPSA) is 122 Å². The van der Waals surface area contributed by atoms with Gasteiger partial charge in [-0.25, -0.2) is 9.97 Å². The number of benzene rings is 2. The molecule has 0 bridgehead atoms. The van der Waals surface area contributed by atoms with Crippen molar-refractivity contribution < 1.29 is 19.4 Å². The van der Waals surface area contributed by atoms with E-state index in [0.29, 0.717) is 31.0 Å². The highest BCUT2D eigenvalue weighted by Gasteiger charge is 2.36. The molecule has 0 saturated carbocycles. The monoisotopic (exact) mass is 447 g/mol. The maximum absolute atomic E-state index is 13.2. The van der Waals surface area contributed by atoms with Gasteiger partial charge in [0, 0.05) is 38.2 Å². The average Bonchev–Trinajstić information content (AvgIpc) is 2.81. The van der Waals surface area contributed by atoms with Crippen LogP contribution in [-0.2, 0) is 20.9 Å². The molecule has 2 heterocycles. The Kier molecular flexibility index (Phi) is 6.50. The number of fused-ring (bicyclic) bond motifs is 1. The first-order valence-corrected chi connectivity index (χ1v) is 10.5. The summed E-state index contributed by atoms with van der Waals surface area (Å²) >= 11 is 0. The summed E-state index contributed by atoms with van der Waals surface area (Å²) in [5.74, 6) is 0.130. The van der Waals surface area contributed by atoms with E-state index in [9.17, 15) is 14.7 Å². The van der Waals surface area contributed by atoms with Crippen molar-refractivity contribution in [2.45, 2.75) is 12.6 Å². The molecule has 1 aromatic heterocycles. The smallest absolute Gasteiger partial charge is 0.248 e. The average molecular weight is 447 g/mol. The Bertz CT molecular complexity index is 1200. The number of ether oxygens (including phenoxy) is 1. The molecule has 2 amide bonds. The lowest BCUT2D eigenvalue weighted by Crippen LogP contribution is -2.59. The van der Waals surface area contributed by atoms with Gasteiger partial charge in [-0.1, -0.05) is 18.2 Å². The Morgan fingerprint density at radius 2 is 2.00 bits per heavy atom. The Hall–Kier alpha value is -3.98. The lowest BCUT2D eigenvalue weighted by atomic mass is 10.1. The van der Waals surface area contributed by atoms with Crippen molar-refractivity contribution in [1.29, 1.82) is 0 Å². The van der Waals surface area contributed by atoms with E-state index in [0.717, 1.165) is 16.5 Å². The zero-order chi connectivity index (χ0) is 23.4. The van der Waals surface area contributed by atoms with Crippen LogP contribution in [0.15, 0.2) is 54.9 Å². The first-order chi connectivity index (χ1) is 16.0. The summed E-state index contributed by atoms with van der Waals surface area (Å²) < 4.78 is 5.25. The zero-order valence-electron chi connectivity index (χ0n) is 18.2. The number of hydrogen-bond donors (Lipinski definition) is 2. The Morgan fingerprint density at radius 3 is 2.76 bits per heavy atom. The highest BCUT2D eigenvalue weighted by Crippen LogP contribution is 2.21. The highest BCUT2D eigenvalue weighted by molar-refractivity contribution is 5.96. The molecule has 1 atom stereocenters. The summed E-state index contributed by atoms with van der Waals surface area (Å²) in [6.07, 6.45) is 4.51. The van der Waals surface area contributed by atoms with E-state index >= 15 is 0 Å². The third-order valence-corrected chi connectivity index (χ3v) is 5.61. The van der Waals surface area contributed by atoms with Gasteiger partial charge in [0.05, 0.1) is 12.1 Å². The number of aromatic hydroxyl groups is 1. The second kappa shape index (κ2) is 9.66. The molecule has 9 nitrogen and oxygen atoms in total. The minimum absolute atomic E-state index is 0.107. The maximum Gasteiger partial charge on any atom is 0.248 e. The number of hydrogen-bond acceptors (Lipinski definition) is 7. The van der Waals surface area contributed by atoms with Crippen LogP contribution in [0.1, 0.15) is 11.1 Å². The molecule has 3 aromatic rings. The molecule has 4 rings (SSSR count). The number of nitrogen functional groups attached to an aromatic ring is 1. The molecule has 1 saturated heterocycles. The number of carbonyl (C=O) groups is 2. The number of methoxy groups -OCH3 is 1. The molecule has 0 spiro atoms. The highest BCUT2D eigenvalue weighted by atomic mass is 16.5. The van der Waals surface area contributed by atoms with Gasteiger partial charge in [0.1, 0.15) is 23.9 Å². The summed E-state index contributed by atoms with van der Waals surface area (Å²) in [6.45, 7) is 1.29. The lowest BCUT2D eigenvalue weighted by Gasteiger charge is -2.40. The van der Waals surface area contributed by atoms with Crippen molar-refractivity contribution in [3.63, 3.8) is 0 Å². The summed E-state index contributed by atoms with van der Waals surface area (Å²) in [7, 11) is 1.51. The number of nitrogens with two attached hydrogens (primary N) is 1. The van der Waals surface area contributed by atoms with Gasteiger partial charge < -0.3 is 25.4 Å². The van der Waals surface area contributed by atoms with Gasteiger partial charge in [0.2, 0.25) is 11.8 Å². The third-order valence-electron chi connectivity index (χ3n) is 5.61. The first-order valence-electron chi connectivity index (χ1n) is 10.5. The van der Waals surface area contributed by atoms with Crippen LogP contribution in [0, 0.1) is 0 Å². The van der Waals surface area contributed by atoms with Crippen LogP contribution in [0.2, 0.25) is 0 Å². The Labute approximate surface area is 191 Å². The normalized spacial score (nSPS) is 16.6. The zero-order valence-corrected chi connectivity index (χ0v) is 18.2. The number of phenolic OH excluding ortho intramolecular Hbond substituents is 1. The van der Waals surface area contributed by atoms with Crippen LogP contribution >= 0.6 is 0 Å². The van der Waals surface area contributed by atoms with Crippen molar-refractivity contribution in [2.24, 2.45) is 0 Å². The van der Waals surface area contributed by atoms with Crippen LogP contribution in [0.3, 0.4) is 0 Å². The standard InChI is InChI=1S/C24H25N5O4/c1-33-14-21-24(32)28(13-17-4-8-19-20(12-17)26-15-27-23(19)25)10-11-29(21)22(31)9-5-16-2-6-18(30)7-3-16/h2-9,12,15,21,30H,10-11,13-14H2,1H3,(H2,25,26,27)/b9-5+. The maximum atomic E-state index is 13.2. The summed E-state index contributed by atoms with van der Waals surface area (Å²) in [4.78, 5) is 37.6. The quantitative estimate of drug-likeness (QED) is 0.553. The van der Waals surface area contributed by atoms with Crippen LogP contribution in [0.25, 0.3) is 17.0 Å². The predicted molar refractivity (Wildman–Crippen MR) is 124 cm³/mol. The van der Waals surface area contributed by atoms with Gasteiger partial charge in [-0.05, 0) is 41.5 Å². The van der Waals surface area contributed by atoms with Crippen LogP contribution in [0.4, 0.5) is 5.82 Å². The molecule has 1 fully saturated rings. The molecule has 3 N–H and O–H groups in total. The van der Waals surface area contributed by atoms with Crippen molar-refractivity contribution in [3.05, 3.63) is 66.0 Å². The number of piperazine rings is 1. The van der Waals surface area contributed by atoms with E-state index in [-0.39, 0.29) is 24.2 Å². The molecule has 2 aromatic carbocycles. The van der Waals surface area contributed by atoms with E-state index in [1.165, 1.54) is 24.4 Å². The minimum atomic E-state index is -0.709. The number of aromatic nitrogens is 2. The molecular formula is C24H25N5O4. The van der Waals surface area contributed by atoms with E-state index in [1.807, 2.05) is 18.2 Å². The molecule has 1 aliphatic heterocycles. The van der Waals surface area contributed by atoms with Gasteiger partial charge in [-0.2, -0.15) is 0 Å². The molecule has 1 unspecified atom stereocenters. The molecule has 9 heteroatoms. The molecule has 0 aliphatic carbocycles. The number of amides is 2. The van der Waals surface area contributed by atoms with E-state index < -0.39 is 6.04 Å². The van der Waals surface area contributed by atoms with Gasteiger partial charge in [0.15, 0.2) is 0 Å². The van der Waals surface area contributed by atoms with Gasteiger partial charge in [-0.3, -0.25) is 9.59 Å². The molecule has 0 radical (unpaired) electrons. The van der Waals surface area contributed by atoms with Crippen molar-refractivity contribution in [2.75, 3.05) is 32.5 Å². The Balaban J connectivity index is 1.48. The fraction of sp³-hybridized carbons (Fsp3) is 0.250. The minimum Gasteiger partial charge on any atom is -0.508 e. The number of carbonyl (C=O) groups excluding carboxylic acids is 2. The molecular weight excluding hydrogens is 422 g/mol. The van der Waals surface area contributed by atoms with Crippen LogP contribution < -0.4 is 5.73 Å². The second-order valence-corrected chi connectivity index (χ2v) is 7.80. The largest absolute Gasteiger partial charge is 0.508 e. The van der Waals surface area contributed by atoms with E-state index in [4.69, 9.17) is 10.5 Å². The van der Waals surface area contributed by atoms with Crippen molar-refractivity contribution >= 4 is 34.6 Å². The molecule has 1 aliphatic rings. The number of anilines is 1. The van der Waals surface area contributed by atoms with E-state index in [2.05, 4.69) is 9.97 Å². The number of nitrogens with zero attached hydrogens (tertiary/aromatic N) is 4. The third kappa shape index (κ3) is 4.93. The van der Waals surface area contributed by atoms with Gasteiger partial charge in [-0.15, -0.1) is 0 Å². The summed E-state index contributed by atoms with van der Waals surface area (Å²) in [5, 5.41) is 10.2. The summed E-state index contributed by atoms with van der Waals surface area (Å²) in [6, 6.07) is 11.4. The molecule has 170 valence electrons. The second-order valence-electron chi connectivity index (χ2n) is 7.80. The summed E-state index contributed by atoms with van der Waals surface area (Å²) in [5.41, 5.74) is 8.30. The van der Waals surface area contributed by atoms with Gasteiger partial charge >= 0.3 is 0 Å². The number of phenols is 1. The van der Waals surface area contributed by atoms with E-state index in [1.54, 1.807) is 35.2 Å². The first kappa shape index (κ1) is 22.2. The van der Waals surface area contributed by atoms with Crippen molar-refractivity contribution in [3.8, 4) is 5.75 Å². The fourth-order valence-corrected chi connectivity index (χ4v) is 3.87. The number of rotatable bonds is 6. The Morgan fingerprint density at radius 1 is 1.21 bits per heavy atom. The van der Waals surface area contributed by atoms with Gasteiger partial charge in [0.25, 0.3) is 0 Å². The van der Waals surface area contributed by atoms with Crippen LogP contribution in [-0.4, -0.2) is 69.5 Å². The lowest BCUT2D eigenvalue weighted by molar-refractivity contribution is -0.152. The van der Waals surface area contributed by atoms with Crippen molar-refractivity contribution in [1.82, 2.24) is 19.8 Å². The fourth-order valence-electron chi connectivity index (χ4n) is 3.87. The predicted octanol–water partition coefficient (Wildman–Crippen LogP) is 1.82.